The van der Waals surface area contributed by atoms with Crippen molar-refractivity contribution in [1.29, 1.82) is 0 Å². The molecule has 0 spiro atoms. The Kier molecular flexibility index (Phi) is 5.88. The van der Waals surface area contributed by atoms with Gasteiger partial charge in [-0.15, -0.1) is 0 Å². The van der Waals surface area contributed by atoms with Crippen LogP contribution < -0.4 is 5.32 Å². The summed E-state index contributed by atoms with van der Waals surface area (Å²) in [5, 5.41) is 2.94. The van der Waals surface area contributed by atoms with E-state index in [0.717, 1.165) is 0 Å². The first-order chi connectivity index (χ1) is 5.84. The molecule has 1 heterocycles. The van der Waals surface area contributed by atoms with Crippen molar-refractivity contribution in [3.05, 3.63) is 29.7 Å². The van der Waals surface area contributed by atoms with Crippen molar-refractivity contribution < 1.29 is 0 Å². The van der Waals surface area contributed by atoms with Gasteiger partial charge in [-0.2, -0.15) is 0 Å². The van der Waals surface area contributed by atoms with E-state index in [9.17, 15) is 0 Å². The summed E-state index contributed by atoms with van der Waals surface area (Å²) in [6.45, 7) is 6.05. The van der Waals surface area contributed by atoms with Crippen molar-refractivity contribution >= 4 is 6.08 Å². The summed E-state index contributed by atoms with van der Waals surface area (Å²) in [6.07, 6.45) is 5.88. The van der Waals surface area contributed by atoms with Gasteiger partial charge >= 0.3 is 0 Å². The molecule has 0 aliphatic heterocycles. The van der Waals surface area contributed by atoms with E-state index in [-0.39, 0.29) is 0 Å². The van der Waals surface area contributed by atoms with Crippen LogP contribution in [0, 0.1) is 6.92 Å². The molecule has 0 atom stereocenters. The van der Waals surface area contributed by atoms with Crippen molar-refractivity contribution in [2.75, 3.05) is 7.05 Å². The summed E-state index contributed by atoms with van der Waals surface area (Å²) in [7, 11) is 1.89. The highest BCUT2D eigenvalue weighted by Crippen LogP contribution is 2.05. The van der Waals surface area contributed by atoms with Gasteiger partial charge in [0, 0.05) is 18.9 Å². The highest BCUT2D eigenvalue weighted by Gasteiger charge is 1.90. The van der Waals surface area contributed by atoms with Crippen molar-refractivity contribution in [3.63, 3.8) is 0 Å². The molecule has 0 aliphatic rings. The number of nitrogens with one attached hydrogen (secondary N) is 2. The first-order valence-corrected chi connectivity index (χ1v) is 4.32. The van der Waals surface area contributed by atoms with Crippen molar-refractivity contribution in [2.24, 2.45) is 0 Å². The number of H-pyrrole nitrogens is 1. The molecule has 1 rings (SSSR count). The average molecular weight is 166 g/mol. The molecule has 12 heavy (non-hydrogen) atoms. The maximum Gasteiger partial charge on any atom is 0.0189 e. The minimum atomic E-state index is 1.20. The minimum absolute atomic E-state index is 1.20. The van der Waals surface area contributed by atoms with Crippen LogP contribution in [0.1, 0.15) is 25.1 Å². The predicted octanol–water partition coefficient (Wildman–Crippen LogP) is 2.54. The Morgan fingerprint density at radius 2 is 2.08 bits per heavy atom. The Labute approximate surface area is 74.7 Å². The fraction of sp³-hybridized carbons (Fsp3) is 0.400. The van der Waals surface area contributed by atoms with Gasteiger partial charge in [-0.05, 0) is 30.8 Å². The lowest BCUT2D eigenvalue weighted by Gasteiger charge is -1.88. The van der Waals surface area contributed by atoms with Crippen molar-refractivity contribution in [3.8, 4) is 0 Å². The van der Waals surface area contributed by atoms with Gasteiger partial charge in [0.1, 0.15) is 0 Å². The monoisotopic (exact) mass is 166 g/mol. The second-order valence-corrected chi connectivity index (χ2v) is 2.18. The van der Waals surface area contributed by atoms with Crippen LogP contribution in [0.3, 0.4) is 0 Å². The summed E-state index contributed by atoms with van der Waals surface area (Å²) in [4.78, 5) is 3.10. The molecule has 68 valence electrons. The zero-order valence-electron chi connectivity index (χ0n) is 8.31. The SMILES string of the molecule is CC.CN/C=C\c1cc[nH]c1C. The van der Waals surface area contributed by atoms with E-state index in [1.54, 1.807) is 0 Å². The molecule has 0 fully saturated rings. The van der Waals surface area contributed by atoms with E-state index in [1.165, 1.54) is 11.3 Å². The van der Waals surface area contributed by atoms with Crippen LogP contribution in [-0.4, -0.2) is 12.0 Å². The highest BCUT2D eigenvalue weighted by molar-refractivity contribution is 5.51. The summed E-state index contributed by atoms with van der Waals surface area (Å²) in [5.74, 6) is 0. The third-order valence-corrected chi connectivity index (χ3v) is 1.43. The minimum Gasteiger partial charge on any atom is -0.394 e. The molecule has 2 N–H and O–H groups in total. The van der Waals surface area contributed by atoms with Crippen LogP contribution in [0.5, 0.6) is 0 Å². The number of aromatic nitrogens is 1. The predicted molar refractivity (Wildman–Crippen MR) is 55.0 cm³/mol. The van der Waals surface area contributed by atoms with Gasteiger partial charge in [0.15, 0.2) is 0 Å². The van der Waals surface area contributed by atoms with Crippen molar-refractivity contribution in [2.45, 2.75) is 20.8 Å². The van der Waals surface area contributed by atoms with Crippen molar-refractivity contribution in [1.82, 2.24) is 10.3 Å². The molecular formula is C10H18N2. The number of hydrogen-bond donors (Lipinski definition) is 2. The van der Waals surface area contributed by atoms with Gasteiger partial charge in [-0.1, -0.05) is 13.8 Å². The first-order valence-electron chi connectivity index (χ1n) is 4.32. The molecule has 0 unspecified atom stereocenters. The fourth-order valence-electron chi connectivity index (χ4n) is 0.818. The molecule has 0 aromatic carbocycles. The number of aryl methyl sites for hydroxylation is 1. The number of rotatable bonds is 2. The van der Waals surface area contributed by atoms with E-state index in [0.29, 0.717) is 0 Å². The molecule has 1 aromatic rings. The Bertz CT molecular complexity index is 223. The second-order valence-electron chi connectivity index (χ2n) is 2.18. The number of hydrogen-bond acceptors (Lipinski definition) is 1. The Balaban J connectivity index is 0.000000561. The topological polar surface area (TPSA) is 27.8 Å². The molecule has 1 aromatic heterocycles. The summed E-state index contributed by atoms with van der Waals surface area (Å²) in [6, 6.07) is 2.04. The van der Waals surface area contributed by atoms with Gasteiger partial charge < -0.3 is 10.3 Å². The lowest BCUT2D eigenvalue weighted by atomic mass is 10.2. The van der Waals surface area contributed by atoms with E-state index < -0.39 is 0 Å². The fourth-order valence-corrected chi connectivity index (χ4v) is 0.818. The van der Waals surface area contributed by atoms with E-state index >= 15 is 0 Å². The third kappa shape index (κ3) is 3.28. The molecule has 0 saturated heterocycles. The lowest BCUT2D eigenvalue weighted by molar-refractivity contribution is 1.11. The molecule has 2 nitrogen and oxygen atoms in total. The van der Waals surface area contributed by atoms with Crippen LogP contribution in [0.15, 0.2) is 18.5 Å². The van der Waals surface area contributed by atoms with Crippen LogP contribution in [0.2, 0.25) is 0 Å². The van der Waals surface area contributed by atoms with Gasteiger partial charge in [0.2, 0.25) is 0 Å². The maximum absolute atomic E-state index is 3.10. The average Bonchev–Trinajstić information content (AvgIpc) is 2.51. The van der Waals surface area contributed by atoms with Crippen LogP contribution in [0.25, 0.3) is 6.08 Å². The molecule has 0 bridgehead atoms. The molecular weight excluding hydrogens is 148 g/mol. The number of aromatic amines is 1. The van der Waals surface area contributed by atoms with Gasteiger partial charge in [-0.25, -0.2) is 0 Å². The Morgan fingerprint density at radius 1 is 1.42 bits per heavy atom. The van der Waals surface area contributed by atoms with E-state index in [1.807, 2.05) is 45.4 Å². The molecule has 0 aliphatic carbocycles. The lowest BCUT2D eigenvalue weighted by Crippen LogP contribution is -1.90. The normalized spacial score (nSPS) is 9.33. The Hall–Kier alpha value is -1.18. The van der Waals surface area contributed by atoms with Gasteiger partial charge in [-0.3, -0.25) is 0 Å². The van der Waals surface area contributed by atoms with Crippen LogP contribution >= 0.6 is 0 Å². The van der Waals surface area contributed by atoms with Crippen LogP contribution in [-0.2, 0) is 0 Å². The summed E-state index contributed by atoms with van der Waals surface area (Å²) < 4.78 is 0. The smallest absolute Gasteiger partial charge is 0.0189 e. The van der Waals surface area contributed by atoms with Gasteiger partial charge in [0.05, 0.1) is 0 Å². The molecule has 2 heteroatoms. The standard InChI is InChI=1S/C8H12N2.C2H6/c1-7-8(3-5-9-2)4-6-10-7;1-2/h3-6,9-10H,1-2H3;1-2H3/b5-3-;. The molecule has 0 saturated carbocycles. The highest BCUT2D eigenvalue weighted by atomic mass is 14.8. The summed E-state index contributed by atoms with van der Waals surface area (Å²) in [5.41, 5.74) is 2.43. The first kappa shape index (κ1) is 10.8. The maximum atomic E-state index is 3.10. The summed E-state index contributed by atoms with van der Waals surface area (Å²) >= 11 is 0. The van der Waals surface area contributed by atoms with E-state index in [4.69, 9.17) is 0 Å². The van der Waals surface area contributed by atoms with Gasteiger partial charge in [0.25, 0.3) is 0 Å². The zero-order valence-corrected chi connectivity index (χ0v) is 8.31. The largest absolute Gasteiger partial charge is 0.394 e. The zero-order chi connectivity index (χ0) is 9.40. The third-order valence-electron chi connectivity index (χ3n) is 1.43. The van der Waals surface area contributed by atoms with Crippen LogP contribution in [0.4, 0.5) is 0 Å². The second kappa shape index (κ2) is 6.53. The molecule has 0 amide bonds. The quantitative estimate of drug-likeness (QED) is 0.694. The molecule has 0 radical (unpaired) electrons. The Morgan fingerprint density at radius 3 is 2.50 bits per heavy atom. The van der Waals surface area contributed by atoms with E-state index in [2.05, 4.69) is 17.2 Å².